The molecular weight excluding hydrogens is 885 g/mol. The van der Waals surface area contributed by atoms with Crippen molar-refractivity contribution in [3.63, 3.8) is 0 Å². The molecule has 1 saturated heterocycles. The van der Waals surface area contributed by atoms with Crippen LogP contribution in [0.25, 0.3) is 52.6 Å². The zero-order valence-corrected chi connectivity index (χ0v) is 37.2. The maximum absolute atomic E-state index is 13.2. The average Bonchev–Trinajstić information content (AvgIpc) is 4.01. The lowest BCUT2D eigenvalue weighted by atomic mass is 9.92. The molecule has 64 heavy (non-hydrogen) atoms. The summed E-state index contributed by atoms with van der Waals surface area (Å²) in [5.74, 6) is -0.295. The Balaban J connectivity index is 1.09. The number of halogens is 4. The quantitative estimate of drug-likeness (QED) is 0.107. The van der Waals surface area contributed by atoms with Crippen LogP contribution in [0.5, 0.6) is 17.4 Å². The summed E-state index contributed by atoms with van der Waals surface area (Å²) in [6, 6.07) is 26.4. The molecule has 5 heterocycles. The van der Waals surface area contributed by atoms with Crippen LogP contribution in [0, 0.1) is 6.92 Å². The van der Waals surface area contributed by atoms with E-state index in [0.29, 0.717) is 50.0 Å². The molecule has 0 spiro atoms. The minimum absolute atomic E-state index is 0.104. The van der Waals surface area contributed by atoms with E-state index in [1.165, 1.54) is 12.3 Å². The van der Waals surface area contributed by atoms with E-state index in [1.54, 1.807) is 41.8 Å². The van der Waals surface area contributed by atoms with Crippen LogP contribution >= 0.6 is 34.5 Å². The van der Waals surface area contributed by atoms with E-state index < -0.39 is 24.8 Å². The second-order valence-electron chi connectivity index (χ2n) is 15.7. The number of benzene rings is 4. The second-order valence-corrected chi connectivity index (χ2v) is 17.9. The number of hydrogen-bond acceptors (Lipinski definition) is 11. The van der Waals surface area contributed by atoms with Gasteiger partial charge >= 0.3 is 12.1 Å². The highest BCUT2D eigenvalue weighted by Crippen LogP contribution is 2.48. The van der Waals surface area contributed by atoms with Gasteiger partial charge in [-0.3, -0.25) is 14.6 Å². The van der Waals surface area contributed by atoms with Crippen LogP contribution in [-0.4, -0.2) is 98.7 Å². The van der Waals surface area contributed by atoms with E-state index in [1.807, 2.05) is 43.3 Å². The fourth-order valence-corrected chi connectivity index (χ4v) is 10.2. The van der Waals surface area contributed by atoms with Crippen LogP contribution in [0.1, 0.15) is 16.8 Å². The molecule has 0 amide bonds. The van der Waals surface area contributed by atoms with Crippen molar-refractivity contribution in [1.29, 1.82) is 0 Å². The molecule has 9 rings (SSSR count). The first-order valence-corrected chi connectivity index (χ1v) is 22.6. The summed E-state index contributed by atoms with van der Waals surface area (Å²) in [6.07, 6.45) is -3.05. The Morgan fingerprint density at radius 3 is 2.50 bits per heavy atom. The first-order valence-electron chi connectivity index (χ1n) is 20.6. The molecule has 1 unspecified atom stereocenters. The number of pyridine rings is 1. The first kappa shape index (κ1) is 43.5. The molecule has 1 aliphatic rings. The number of likely N-dealkylation sites (N-methyl/N-ethyl adjacent to an activating group) is 1. The number of thiophene rings is 1. The van der Waals surface area contributed by atoms with E-state index in [0.717, 1.165) is 85.8 Å². The van der Waals surface area contributed by atoms with Gasteiger partial charge in [-0.1, -0.05) is 72.3 Å². The molecule has 330 valence electrons. The van der Waals surface area contributed by atoms with Crippen molar-refractivity contribution in [3.8, 4) is 39.8 Å². The maximum atomic E-state index is 13.2. The van der Waals surface area contributed by atoms with Gasteiger partial charge in [0.2, 0.25) is 12.0 Å². The number of carboxylic acid groups (broad SMARTS) is 1. The van der Waals surface area contributed by atoms with Gasteiger partial charge in [0.15, 0.2) is 0 Å². The number of rotatable bonds is 15. The maximum Gasteiger partial charge on any atom is 0.408 e. The molecule has 1 aliphatic heterocycles. The third-order valence-electron chi connectivity index (χ3n) is 11.4. The molecule has 17 heteroatoms. The summed E-state index contributed by atoms with van der Waals surface area (Å²) < 4.78 is 66.6. The van der Waals surface area contributed by atoms with Crippen LogP contribution in [0.4, 0.5) is 13.2 Å². The summed E-state index contributed by atoms with van der Waals surface area (Å²) in [5, 5.41) is 17.7. The van der Waals surface area contributed by atoms with Gasteiger partial charge in [-0.2, -0.15) is 22.6 Å². The Labute approximate surface area is 379 Å². The third kappa shape index (κ3) is 9.10. The van der Waals surface area contributed by atoms with Gasteiger partial charge in [-0.25, -0.2) is 4.79 Å². The Morgan fingerprint density at radius 2 is 1.69 bits per heavy atom. The Bertz CT molecular complexity index is 2980. The topological polar surface area (TPSA) is 115 Å². The second kappa shape index (κ2) is 18.4. The highest BCUT2D eigenvalue weighted by atomic mass is 35.5. The molecule has 4 aromatic carbocycles. The van der Waals surface area contributed by atoms with Crippen LogP contribution in [0.2, 0.25) is 5.02 Å². The number of para-hydroxylation sites is 1. The molecule has 4 aromatic heterocycles. The highest BCUT2D eigenvalue weighted by Gasteiger charge is 2.31. The fourth-order valence-electron chi connectivity index (χ4n) is 8.06. The first-order chi connectivity index (χ1) is 30.9. The zero-order valence-electron chi connectivity index (χ0n) is 34.8. The van der Waals surface area contributed by atoms with Gasteiger partial charge in [-0.05, 0) is 66.5 Å². The van der Waals surface area contributed by atoms with Gasteiger partial charge in [0.1, 0.15) is 31.3 Å². The molecule has 0 radical (unpaired) electrons. The number of nitrogens with zero attached hydrogens (tertiary/aromatic N) is 6. The lowest BCUT2D eigenvalue weighted by Gasteiger charge is -2.32. The minimum Gasteiger partial charge on any atom is -0.491 e. The molecule has 8 aromatic rings. The van der Waals surface area contributed by atoms with E-state index in [9.17, 15) is 23.1 Å². The summed E-state index contributed by atoms with van der Waals surface area (Å²) in [4.78, 5) is 22.8. The van der Waals surface area contributed by atoms with Crippen LogP contribution in [0.15, 0.2) is 97.3 Å². The van der Waals surface area contributed by atoms with Gasteiger partial charge in [-0.15, -0.1) is 11.3 Å². The lowest BCUT2D eigenvalue weighted by Crippen LogP contribution is -2.45. The van der Waals surface area contributed by atoms with Gasteiger partial charge < -0.3 is 24.2 Å². The van der Waals surface area contributed by atoms with Crippen molar-refractivity contribution in [2.75, 3.05) is 46.4 Å². The molecule has 11 nitrogen and oxygen atoms in total. The molecule has 1 N–H and O–H groups in total. The largest absolute Gasteiger partial charge is 0.491 e. The molecule has 0 saturated carbocycles. The minimum atomic E-state index is -4.47. The van der Waals surface area contributed by atoms with Crippen molar-refractivity contribution in [1.82, 2.24) is 28.9 Å². The molecule has 0 aliphatic carbocycles. The number of alkyl halides is 3. The van der Waals surface area contributed by atoms with Crippen molar-refractivity contribution in [2.24, 2.45) is 0 Å². The summed E-state index contributed by atoms with van der Waals surface area (Å²) in [6.45, 7) is 5.64. The Kier molecular flexibility index (Phi) is 12.5. The molecule has 1 atom stereocenters. The highest BCUT2D eigenvalue weighted by molar-refractivity contribution is 7.26. The number of carbonyl (C=O) groups is 1. The van der Waals surface area contributed by atoms with E-state index >= 15 is 0 Å². The number of aliphatic carboxylic acids is 1. The predicted molar refractivity (Wildman–Crippen MR) is 245 cm³/mol. The summed E-state index contributed by atoms with van der Waals surface area (Å²) >= 11 is 9.99. The van der Waals surface area contributed by atoms with E-state index in [4.69, 9.17) is 30.8 Å². The number of hydrogen-bond donors (Lipinski definition) is 1. The van der Waals surface area contributed by atoms with Gasteiger partial charge in [0, 0.05) is 82.8 Å². The predicted octanol–water partition coefficient (Wildman–Crippen LogP) is 10.4. The van der Waals surface area contributed by atoms with E-state index in [2.05, 4.69) is 44.5 Å². The van der Waals surface area contributed by atoms with Gasteiger partial charge in [0.25, 0.3) is 0 Å². The normalized spacial score (nSPS) is 14.4. The van der Waals surface area contributed by atoms with Gasteiger partial charge in [0.05, 0.1) is 26.5 Å². The number of piperazine rings is 1. The molecule has 1 fully saturated rings. The van der Waals surface area contributed by atoms with E-state index in [-0.39, 0.29) is 24.6 Å². The van der Waals surface area contributed by atoms with Crippen LogP contribution < -0.4 is 14.2 Å². The molecule has 0 bridgehead atoms. The van der Waals surface area contributed by atoms with Crippen LogP contribution in [-0.2, 0) is 24.4 Å². The number of aromatic nitrogens is 4. The average molecular weight is 927 g/mol. The zero-order chi connectivity index (χ0) is 44.5. The Morgan fingerprint density at radius 1 is 0.906 bits per heavy atom. The Hall–Kier alpha value is -5.78. The summed E-state index contributed by atoms with van der Waals surface area (Å²) in [5.41, 5.74) is 4.38. The van der Waals surface area contributed by atoms with Crippen molar-refractivity contribution >= 4 is 70.7 Å². The van der Waals surface area contributed by atoms with Crippen molar-refractivity contribution < 1.29 is 37.3 Å². The van der Waals surface area contributed by atoms with Crippen LogP contribution in [0.3, 0.4) is 0 Å². The van der Waals surface area contributed by atoms with Crippen molar-refractivity contribution in [2.45, 2.75) is 38.8 Å². The standard InChI is InChI=1S/C47H42ClF3N6O5S2/c1-28-31(14-15-36(42(28)48)60-23-22-56-20-18-55(2)19-21-56)40-41-39(25-52-43(40)34-11-7-10-33-32-9-4-6-13-38(32)63-44(33)34)64-54-45(41)62-37(46(58)59)24-29-8-3-5-12-35(29)61-26-30-16-17-53-57(30)27-47(49,50)51/h3-17,25,37H,18-24,26-27H2,1-2H3,(H,58,59). The number of fused-ring (bicyclic) bond motifs is 4. The SMILES string of the molecule is Cc1c(-c2c(-c3cccc4c3sc3ccccc34)ncc3snc(OC(Cc4ccccc4OCc4ccnn4CC(F)(F)F)C(=O)O)c23)ccc(OCCN2CCN(C)CC2)c1Cl. The summed E-state index contributed by atoms with van der Waals surface area (Å²) in [7, 11) is 2.13. The number of carboxylic acids is 1. The smallest absolute Gasteiger partial charge is 0.408 e. The van der Waals surface area contributed by atoms with Crippen molar-refractivity contribution in [3.05, 3.63) is 119 Å². The third-order valence-corrected chi connectivity index (χ3v) is 13.9. The molecular formula is C47H42ClF3N6O5S2. The fraction of sp³-hybridized carbons (Fsp3) is 0.277. The lowest BCUT2D eigenvalue weighted by molar-refractivity contribution is -0.145. The number of ether oxygens (including phenoxy) is 3. The monoisotopic (exact) mass is 926 g/mol.